The smallest absolute Gasteiger partial charge is 0.272 e. The number of carbonyl (C=O) groups excluding carboxylic acids is 1. The molecule has 4 heterocycles. The second-order valence-electron chi connectivity index (χ2n) is 8.61. The van der Waals surface area contributed by atoms with Crippen LogP contribution in [0.2, 0.25) is 0 Å². The predicted molar refractivity (Wildman–Crippen MR) is 116 cm³/mol. The summed E-state index contributed by atoms with van der Waals surface area (Å²) in [6, 6.07) is 10.4. The van der Waals surface area contributed by atoms with Crippen LogP contribution in [0, 0.1) is 13.8 Å². The van der Waals surface area contributed by atoms with Crippen molar-refractivity contribution in [1.82, 2.24) is 25.0 Å². The van der Waals surface area contributed by atoms with Crippen LogP contribution in [0.3, 0.4) is 0 Å². The molecule has 2 aliphatic heterocycles. The van der Waals surface area contributed by atoms with E-state index in [4.69, 9.17) is 5.10 Å². The van der Waals surface area contributed by atoms with Gasteiger partial charge in [0.1, 0.15) is 5.69 Å². The lowest BCUT2D eigenvalue weighted by Crippen LogP contribution is -2.34. The van der Waals surface area contributed by atoms with E-state index in [-0.39, 0.29) is 5.91 Å². The Hall–Kier alpha value is -2.99. The van der Waals surface area contributed by atoms with Crippen LogP contribution in [-0.4, -0.2) is 51.0 Å². The van der Waals surface area contributed by atoms with Gasteiger partial charge in [0.15, 0.2) is 0 Å². The number of aromatic amines is 1. The van der Waals surface area contributed by atoms with Gasteiger partial charge in [-0.3, -0.25) is 14.8 Å². The van der Waals surface area contributed by atoms with Crippen LogP contribution in [0.5, 0.6) is 0 Å². The number of hydrogen-bond donors (Lipinski definition) is 1. The number of aromatic nitrogens is 3. The van der Waals surface area contributed by atoms with E-state index in [0.717, 1.165) is 48.6 Å². The van der Waals surface area contributed by atoms with Crippen LogP contribution in [0.1, 0.15) is 44.1 Å². The molecule has 30 heavy (non-hydrogen) atoms. The van der Waals surface area contributed by atoms with Crippen molar-refractivity contribution < 1.29 is 4.79 Å². The quantitative estimate of drug-likeness (QED) is 0.716. The van der Waals surface area contributed by atoms with Gasteiger partial charge in [0.25, 0.3) is 5.91 Å². The number of aryl methyl sites for hydroxylation is 2. The first kappa shape index (κ1) is 19.0. The first-order valence-electron chi connectivity index (χ1n) is 10.6. The summed E-state index contributed by atoms with van der Waals surface area (Å²) in [4.78, 5) is 21.8. The zero-order chi connectivity index (χ0) is 20.8. The standard InChI is InChI=1S/C24H27N5O/c1-15-11-16(2)25-22(12-15)24(30)29-9-7-19-21(8-10-29)26-27-23(19)18-6-4-5-17-13-28(3)14-20(17)18/h4-6,11-12H,7-10,13-14H2,1-3H3,(H,26,27). The van der Waals surface area contributed by atoms with Crippen LogP contribution < -0.4 is 0 Å². The predicted octanol–water partition coefficient (Wildman–Crippen LogP) is 3.27. The lowest BCUT2D eigenvalue weighted by molar-refractivity contribution is 0.0756. The minimum atomic E-state index is 0.0173. The largest absolute Gasteiger partial charge is 0.337 e. The number of H-pyrrole nitrogens is 1. The summed E-state index contributed by atoms with van der Waals surface area (Å²) in [5.74, 6) is 0.0173. The van der Waals surface area contributed by atoms with Crippen molar-refractivity contribution in [3.63, 3.8) is 0 Å². The second-order valence-corrected chi connectivity index (χ2v) is 8.61. The maximum absolute atomic E-state index is 13.1. The average molecular weight is 402 g/mol. The Morgan fingerprint density at radius 1 is 1.07 bits per heavy atom. The minimum absolute atomic E-state index is 0.0173. The van der Waals surface area contributed by atoms with Gasteiger partial charge in [0.2, 0.25) is 0 Å². The van der Waals surface area contributed by atoms with E-state index in [2.05, 4.69) is 40.2 Å². The summed E-state index contributed by atoms with van der Waals surface area (Å²) in [6.07, 6.45) is 1.59. The second kappa shape index (κ2) is 7.36. The van der Waals surface area contributed by atoms with Gasteiger partial charge in [0, 0.05) is 55.1 Å². The molecule has 2 aliphatic rings. The van der Waals surface area contributed by atoms with Gasteiger partial charge in [0.05, 0.1) is 5.69 Å². The molecule has 0 bridgehead atoms. The topological polar surface area (TPSA) is 65.1 Å². The molecular formula is C24H27N5O. The Kier molecular flexibility index (Phi) is 4.66. The van der Waals surface area contributed by atoms with E-state index in [0.29, 0.717) is 18.8 Å². The highest BCUT2D eigenvalue weighted by atomic mass is 16.2. The minimum Gasteiger partial charge on any atom is -0.337 e. The van der Waals surface area contributed by atoms with E-state index >= 15 is 0 Å². The molecule has 3 aromatic rings. The highest BCUT2D eigenvalue weighted by Gasteiger charge is 2.27. The van der Waals surface area contributed by atoms with Crippen LogP contribution in [-0.2, 0) is 25.9 Å². The van der Waals surface area contributed by atoms with E-state index in [9.17, 15) is 4.79 Å². The third-order valence-corrected chi connectivity index (χ3v) is 6.22. The van der Waals surface area contributed by atoms with Crippen molar-refractivity contribution in [3.05, 3.63) is 69.7 Å². The van der Waals surface area contributed by atoms with Gasteiger partial charge in [-0.25, -0.2) is 4.98 Å². The fourth-order valence-corrected chi connectivity index (χ4v) is 4.83. The average Bonchev–Trinajstić information content (AvgIpc) is 3.22. The summed E-state index contributed by atoms with van der Waals surface area (Å²) < 4.78 is 0. The number of benzene rings is 1. The summed E-state index contributed by atoms with van der Waals surface area (Å²) in [7, 11) is 2.15. The Morgan fingerprint density at radius 3 is 2.73 bits per heavy atom. The summed E-state index contributed by atoms with van der Waals surface area (Å²) in [5, 5.41) is 7.97. The molecule has 0 spiro atoms. The van der Waals surface area contributed by atoms with Gasteiger partial charge in [-0.2, -0.15) is 5.10 Å². The lowest BCUT2D eigenvalue weighted by Gasteiger charge is -2.20. The molecule has 0 atom stereocenters. The Balaban J connectivity index is 1.42. The molecular weight excluding hydrogens is 374 g/mol. The molecule has 0 saturated heterocycles. The van der Waals surface area contributed by atoms with Gasteiger partial charge < -0.3 is 4.90 Å². The summed E-state index contributed by atoms with van der Waals surface area (Å²) in [6.45, 7) is 7.24. The zero-order valence-electron chi connectivity index (χ0n) is 17.8. The Labute approximate surface area is 176 Å². The molecule has 1 aromatic carbocycles. The SMILES string of the molecule is Cc1cc(C)nc(C(=O)N2CCc3[nH]nc(-c4cccc5c4CN(C)C5)c3CC2)c1. The molecule has 6 nitrogen and oxygen atoms in total. The molecule has 1 amide bonds. The molecule has 0 fully saturated rings. The first-order chi connectivity index (χ1) is 14.5. The molecule has 0 unspecified atom stereocenters. The monoisotopic (exact) mass is 401 g/mol. The number of pyridine rings is 1. The van der Waals surface area contributed by atoms with Crippen LogP contribution >= 0.6 is 0 Å². The van der Waals surface area contributed by atoms with E-state index in [1.807, 2.05) is 30.9 Å². The molecule has 5 rings (SSSR count). The highest BCUT2D eigenvalue weighted by Crippen LogP contribution is 2.34. The Morgan fingerprint density at radius 2 is 1.90 bits per heavy atom. The van der Waals surface area contributed by atoms with Crippen molar-refractivity contribution in [2.45, 2.75) is 39.8 Å². The van der Waals surface area contributed by atoms with E-state index < -0.39 is 0 Å². The van der Waals surface area contributed by atoms with E-state index in [1.54, 1.807) is 0 Å². The summed E-state index contributed by atoms with van der Waals surface area (Å²) >= 11 is 0. The lowest BCUT2D eigenvalue weighted by atomic mass is 9.96. The van der Waals surface area contributed by atoms with Crippen molar-refractivity contribution in [3.8, 4) is 11.3 Å². The molecule has 6 heteroatoms. The van der Waals surface area contributed by atoms with E-state index in [1.165, 1.54) is 22.3 Å². The van der Waals surface area contributed by atoms with Crippen molar-refractivity contribution >= 4 is 5.91 Å². The van der Waals surface area contributed by atoms with Crippen molar-refractivity contribution in [2.75, 3.05) is 20.1 Å². The third-order valence-electron chi connectivity index (χ3n) is 6.22. The number of hydrogen-bond acceptors (Lipinski definition) is 4. The fraction of sp³-hybridized carbons (Fsp3) is 0.375. The normalized spacial score (nSPS) is 16.3. The van der Waals surface area contributed by atoms with Crippen LogP contribution in [0.4, 0.5) is 0 Å². The molecule has 0 radical (unpaired) electrons. The molecule has 2 aromatic heterocycles. The number of nitrogens with zero attached hydrogens (tertiary/aromatic N) is 4. The van der Waals surface area contributed by atoms with Crippen LogP contribution in [0.15, 0.2) is 30.3 Å². The maximum atomic E-state index is 13.1. The molecule has 154 valence electrons. The van der Waals surface area contributed by atoms with Gasteiger partial charge in [-0.15, -0.1) is 0 Å². The number of rotatable bonds is 2. The number of fused-ring (bicyclic) bond motifs is 2. The maximum Gasteiger partial charge on any atom is 0.272 e. The number of carbonyl (C=O) groups is 1. The summed E-state index contributed by atoms with van der Waals surface area (Å²) in [5.41, 5.74) is 9.94. The molecule has 0 aliphatic carbocycles. The van der Waals surface area contributed by atoms with Crippen molar-refractivity contribution in [1.29, 1.82) is 0 Å². The van der Waals surface area contributed by atoms with Gasteiger partial charge in [-0.05, 0) is 56.1 Å². The van der Waals surface area contributed by atoms with Crippen LogP contribution in [0.25, 0.3) is 11.3 Å². The highest BCUT2D eigenvalue weighted by molar-refractivity contribution is 5.92. The fourth-order valence-electron chi connectivity index (χ4n) is 4.83. The van der Waals surface area contributed by atoms with Crippen molar-refractivity contribution in [2.24, 2.45) is 0 Å². The van der Waals surface area contributed by atoms with Gasteiger partial charge >= 0.3 is 0 Å². The number of nitrogens with one attached hydrogen (secondary N) is 1. The van der Waals surface area contributed by atoms with Gasteiger partial charge in [-0.1, -0.05) is 18.2 Å². The molecule has 1 N–H and O–H groups in total. The first-order valence-corrected chi connectivity index (χ1v) is 10.6. The third kappa shape index (κ3) is 3.31. The zero-order valence-corrected chi connectivity index (χ0v) is 17.8. The Bertz CT molecular complexity index is 1110. The number of amides is 1. The molecule has 0 saturated carbocycles.